The van der Waals surface area contributed by atoms with Crippen molar-refractivity contribution in [3.63, 3.8) is 0 Å². The van der Waals surface area contributed by atoms with E-state index >= 15 is 0 Å². The Kier molecular flexibility index (Phi) is 4.18. The normalized spacial score (nSPS) is 19.2. The lowest BCUT2D eigenvalue weighted by atomic mass is 10.2. The maximum absolute atomic E-state index is 11.8. The molecule has 1 aromatic rings. The van der Waals surface area contributed by atoms with Gasteiger partial charge in [0.05, 0.1) is 10.7 Å². The number of nitrogens with two attached hydrogens (primary N) is 1. The Morgan fingerprint density at radius 3 is 3.06 bits per heavy atom. The molecule has 0 aliphatic carbocycles. The number of carbonyl (C=O) groups is 1. The Balaban J connectivity index is 1.92. The molecule has 0 radical (unpaired) electrons. The van der Waals surface area contributed by atoms with Crippen molar-refractivity contribution in [2.45, 2.75) is 18.1 Å². The number of carbonyl (C=O) groups excluding carboxylic acids is 1. The van der Waals surface area contributed by atoms with E-state index in [1.165, 1.54) is 18.6 Å². The van der Waals surface area contributed by atoms with E-state index in [9.17, 15) is 4.79 Å². The van der Waals surface area contributed by atoms with Crippen molar-refractivity contribution >= 4 is 35.0 Å². The number of rotatable bonds is 3. The predicted molar refractivity (Wildman–Crippen MR) is 73.7 cm³/mol. The van der Waals surface area contributed by atoms with E-state index in [0.717, 1.165) is 6.54 Å². The molecule has 17 heavy (non-hydrogen) atoms. The lowest BCUT2D eigenvalue weighted by Gasteiger charge is -2.10. The predicted octanol–water partition coefficient (Wildman–Crippen LogP) is 2.55. The van der Waals surface area contributed by atoms with Crippen LogP contribution in [-0.2, 0) is 0 Å². The summed E-state index contributed by atoms with van der Waals surface area (Å²) in [5.41, 5.74) is 6.65. The molecule has 1 aliphatic rings. The number of nitrogen functional groups attached to an aromatic ring is 1. The van der Waals surface area contributed by atoms with E-state index in [4.69, 9.17) is 17.3 Å². The summed E-state index contributed by atoms with van der Waals surface area (Å²) in [5, 5.41) is 3.91. The highest BCUT2D eigenvalue weighted by molar-refractivity contribution is 8.00. The zero-order valence-electron chi connectivity index (χ0n) is 9.41. The zero-order valence-corrected chi connectivity index (χ0v) is 11.0. The third-order valence-electron chi connectivity index (χ3n) is 2.78. The summed E-state index contributed by atoms with van der Waals surface area (Å²) in [7, 11) is 0. The number of hydrogen-bond acceptors (Lipinski definition) is 3. The lowest BCUT2D eigenvalue weighted by molar-refractivity contribution is 0.0953. The molecule has 1 amide bonds. The number of hydrogen-bond donors (Lipinski definition) is 2. The monoisotopic (exact) mass is 270 g/mol. The van der Waals surface area contributed by atoms with Crippen LogP contribution in [0.5, 0.6) is 0 Å². The maximum atomic E-state index is 11.8. The minimum absolute atomic E-state index is 0.0839. The second-order valence-corrected chi connectivity index (χ2v) is 5.90. The Morgan fingerprint density at radius 2 is 2.41 bits per heavy atom. The largest absolute Gasteiger partial charge is 0.398 e. The van der Waals surface area contributed by atoms with Crippen LogP contribution in [0.3, 0.4) is 0 Å². The fourth-order valence-electron chi connectivity index (χ4n) is 1.78. The van der Waals surface area contributed by atoms with Gasteiger partial charge in [-0.3, -0.25) is 4.79 Å². The van der Waals surface area contributed by atoms with Crippen LogP contribution < -0.4 is 11.1 Å². The number of benzene rings is 1. The Morgan fingerprint density at radius 1 is 1.59 bits per heavy atom. The first-order valence-corrected chi connectivity index (χ1v) is 7.04. The molecular formula is C12H15ClN2OS. The van der Waals surface area contributed by atoms with Crippen molar-refractivity contribution < 1.29 is 4.79 Å². The number of nitrogens with one attached hydrogen (secondary N) is 1. The Hall–Kier alpha value is -0.870. The van der Waals surface area contributed by atoms with Gasteiger partial charge in [0.1, 0.15) is 0 Å². The molecule has 2 rings (SSSR count). The number of anilines is 1. The molecular weight excluding hydrogens is 256 g/mol. The minimum atomic E-state index is -0.0839. The van der Waals surface area contributed by atoms with Gasteiger partial charge in [0, 0.05) is 17.4 Å². The highest BCUT2D eigenvalue weighted by Crippen LogP contribution is 2.25. The first kappa shape index (κ1) is 12.6. The molecule has 0 spiro atoms. The van der Waals surface area contributed by atoms with Crippen molar-refractivity contribution in [2.75, 3.05) is 18.0 Å². The Bertz CT molecular complexity index is 419. The Labute approximate surface area is 110 Å². The molecule has 0 bridgehead atoms. The van der Waals surface area contributed by atoms with E-state index in [2.05, 4.69) is 5.32 Å². The van der Waals surface area contributed by atoms with Crippen molar-refractivity contribution in [1.29, 1.82) is 0 Å². The van der Waals surface area contributed by atoms with Crippen molar-refractivity contribution in [3.8, 4) is 0 Å². The molecule has 0 saturated carbocycles. The van der Waals surface area contributed by atoms with E-state index in [0.29, 0.717) is 21.5 Å². The van der Waals surface area contributed by atoms with Gasteiger partial charge in [-0.2, -0.15) is 11.8 Å². The summed E-state index contributed by atoms with van der Waals surface area (Å²) in [4.78, 5) is 11.8. The summed E-state index contributed by atoms with van der Waals surface area (Å²) >= 11 is 7.80. The molecule has 1 atom stereocenters. The topological polar surface area (TPSA) is 55.1 Å². The maximum Gasteiger partial charge on any atom is 0.251 e. The van der Waals surface area contributed by atoms with Gasteiger partial charge in [0.25, 0.3) is 5.91 Å². The number of amides is 1. The highest BCUT2D eigenvalue weighted by Gasteiger charge is 2.16. The van der Waals surface area contributed by atoms with Gasteiger partial charge >= 0.3 is 0 Å². The number of thioether (sulfide) groups is 1. The average molecular weight is 271 g/mol. The van der Waals surface area contributed by atoms with Gasteiger partial charge in [-0.15, -0.1) is 0 Å². The summed E-state index contributed by atoms with van der Waals surface area (Å²) in [6.07, 6.45) is 2.44. The van der Waals surface area contributed by atoms with Gasteiger partial charge in [0.2, 0.25) is 0 Å². The first-order valence-electron chi connectivity index (χ1n) is 5.61. The second kappa shape index (κ2) is 5.65. The summed E-state index contributed by atoms with van der Waals surface area (Å²) < 4.78 is 0. The fourth-order valence-corrected chi connectivity index (χ4v) is 3.16. The summed E-state index contributed by atoms with van der Waals surface area (Å²) in [5.74, 6) is 1.12. The smallest absolute Gasteiger partial charge is 0.251 e. The van der Waals surface area contributed by atoms with Crippen LogP contribution in [0.15, 0.2) is 18.2 Å². The molecule has 1 aliphatic heterocycles. The molecule has 0 aromatic heterocycles. The van der Waals surface area contributed by atoms with Gasteiger partial charge in [-0.1, -0.05) is 11.6 Å². The quantitative estimate of drug-likeness (QED) is 0.830. The second-order valence-electron chi connectivity index (χ2n) is 4.08. The van der Waals surface area contributed by atoms with Crippen LogP contribution in [0.4, 0.5) is 5.69 Å². The van der Waals surface area contributed by atoms with Crippen LogP contribution in [0.25, 0.3) is 0 Å². The molecule has 5 heteroatoms. The highest BCUT2D eigenvalue weighted by atomic mass is 35.5. The lowest BCUT2D eigenvalue weighted by Crippen LogP contribution is -2.29. The third kappa shape index (κ3) is 3.30. The van der Waals surface area contributed by atoms with E-state index in [1.54, 1.807) is 18.2 Å². The van der Waals surface area contributed by atoms with E-state index in [-0.39, 0.29) is 5.91 Å². The van der Waals surface area contributed by atoms with Crippen molar-refractivity contribution in [3.05, 3.63) is 28.8 Å². The molecule has 92 valence electrons. The van der Waals surface area contributed by atoms with Crippen LogP contribution >= 0.6 is 23.4 Å². The third-order valence-corrected chi connectivity index (χ3v) is 4.50. The SMILES string of the molecule is Nc1ccc(C(=O)NCC2CCCS2)cc1Cl. The van der Waals surface area contributed by atoms with Gasteiger partial charge < -0.3 is 11.1 Å². The van der Waals surface area contributed by atoms with Gasteiger partial charge in [0.15, 0.2) is 0 Å². The van der Waals surface area contributed by atoms with Crippen LogP contribution in [0, 0.1) is 0 Å². The van der Waals surface area contributed by atoms with Crippen LogP contribution in [-0.4, -0.2) is 23.5 Å². The van der Waals surface area contributed by atoms with E-state index < -0.39 is 0 Å². The van der Waals surface area contributed by atoms with Crippen molar-refractivity contribution in [1.82, 2.24) is 5.32 Å². The standard InChI is InChI=1S/C12H15ClN2OS/c13-10-6-8(3-4-11(10)14)12(16)15-7-9-2-1-5-17-9/h3-4,6,9H,1-2,5,7,14H2,(H,15,16). The van der Waals surface area contributed by atoms with E-state index in [1.807, 2.05) is 11.8 Å². The van der Waals surface area contributed by atoms with Crippen LogP contribution in [0.1, 0.15) is 23.2 Å². The first-order chi connectivity index (χ1) is 8.16. The van der Waals surface area contributed by atoms with Crippen molar-refractivity contribution in [2.24, 2.45) is 0 Å². The molecule has 1 fully saturated rings. The minimum Gasteiger partial charge on any atom is -0.398 e. The molecule has 3 nitrogen and oxygen atoms in total. The summed E-state index contributed by atoms with van der Waals surface area (Å²) in [6, 6.07) is 4.95. The molecule has 3 N–H and O–H groups in total. The average Bonchev–Trinajstić information content (AvgIpc) is 2.82. The fraction of sp³-hybridized carbons (Fsp3) is 0.417. The molecule has 1 unspecified atom stereocenters. The number of halogens is 1. The molecule has 1 saturated heterocycles. The zero-order chi connectivity index (χ0) is 12.3. The van der Waals surface area contributed by atoms with Crippen LogP contribution in [0.2, 0.25) is 5.02 Å². The summed E-state index contributed by atoms with van der Waals surface area (Å²) in [6.45, 7) is 0.728. The molecule has 1 aromatic carbocycles. The van der Waals surface area contributed by atoms with Gasteiger partial charge in [-0.25, -0.2) is 0 Å². The molecule has 1 heterocycles. The van der Waals surface area contributed by atoms with Gasteiger partial charge in [-0.05, 0) is 36.8 Å².